The van der Waals surface area contributed by atoms with Crippen LogP contribution >= 0.6 is 0 Å². The van der Waals surface area contributed by atoms with Crippen LogP contribution < -0.4 is 11.3 Å². The van der Waals surface area contributed by atoms with Gasteiger partial charge in [-0.05, 0) is 42.6 Å². The van der Waals surface area contributed by atoms with Crippen molar-refractivity contribution in [1.29, 1.82) is 0 Å². The predicted molar refractivity (Wildman–Crippen MR) is 81.6 cm³/mol. The smallest absolute Gasteiger partial charge is 0.0247 e. The molecule has 0 heterocycles. The van der Waals surface area contributed by atoms with E-state index in [9.17, 15) is 0 Å². The Balaban J connectivity index is 1.96. The molecule has 2 nitrogen and oxygen atoms in total. The van der Waals surface area contributed by atoms with Crippen molar-refractivity contribution >= 4 is 0 Å². The van der Waals surface area contributed by atoms with Gasteiger partial charge in [0.25, 0.3) is 0 Å². The van der Waals surface area contributed by atoms with E-state index in [1.54, 1.807) is 0 Å². The molecule has 0 radical (unpaired) electrons. The maximum absolute atomic E-state index is 5.84. The number of aryl methyl sites for hydroxylation is 1. The van der Waals surface area contributed by atoms with Gasteiger partial charge in [-0.2, -0.15) is 0 Å². The Morgan fingerprint density at radius 3 is 2.63 bits per heavy atom. The second-order valence-electron chi connectivity index (χ2n) is 6.64. The summed E-state index contributed by atoms with van der Waals surface area (Å²) < 4.78 is 0. The highest BCUT2D eigenvalue weighted by molar-refractivity contribution is 5.15. The molecule has 0 aromatic heterocycles. The van der Waals surface area contributed by atoms with Crippen LogP contribution in [0.15, 0.2) is 30.3 Å². The molecule has 1 saturated carbocycles. The van der Waals surface area contributed by atoms with Crippen LogP contribution in [-0.4, -0.2) is 6.04 Å². The molecule has 1 aliphatic carbocycles. The van der Waals surface area contributed by atoms with Crippen LogP contribution in [0.3, 0.4) is 0 Å². The maximum atomic E-state index is 5.84. The van der Waals surface area contributed by atoms with Gasteiger partial charge in [-0.3, -0.25) is 11.3 Å². The summed E-state index contributed by atoms with van der Waals surface area (Å²) in [6, 6.07) is 11.2. The van der Waals surface area contributed by atoms with Gasteiger partial charge >= 0.3 is 0 Å². The summed E-state index contributed by atoms with van der Waals surface area (Å²) in [5, 5.41) is 0. The Morgan fingerprint density at radius 2 is 2.00 bits per heavy atom. The molecule has 2 atom stereocenters. The summed E-state index contributed by atoms with van der Waals surface area (Å²) in [6.07, 6.45) is 7.63. The van der Waals surface area contributed by atoms with Gasteiger partial charge in [0, 0.05) is 6.04 Å². The average molecular weight is 260 g/mol. The Hall–Kier alpha value is -0.860. The molecule has 1 aliphatic rings. The number of nitrogens with two attached hydrogens (primary N) is 1. The van der Waals surface area contributed by atoms with Crippen molar-refractivity contribution < 1.29 is 0 Å². The molecule has 3 N–H and O–H groups in total. The second kappa shape index (κ2) is 6.53. The Labute approximate surface area is 117 Å². The zero-order valence-electron chi connectivity index (χ0n) is 12.4. The Bertz CT molecular complexity index is 372. The molecule has 2 heteroatoms. The number of nitrogens with one attached hydrogen (secondary N) is 1. The topological polar surface area (TPSA) is 38.0 Å². The van der Waals surface area contributed by atoms with Gasteiger partial charge in [-0.15, -0.1) is 0 Å². The number of hydrazine groups is 1. The highest BCUT2D eigenvalue weighted by Crippen LogP contribution is 2.42. The molecule has 0 amide bonds. The lowest BCUT2D eigenvalue weighted by Crippen LogP contribution is -2.47. The highest BCUT2D eigenvalue weighted by Gasteiger charge is 2.36. The number of hydrogen-bond donors (Lipinski definition) is 2. The van der Waals surface area contributed by atoms with Crippen LogP contribution in [0.4, 0.5) is 0 Å². The highest BCUT2D eigenvalue weighted by atomic mass is 15.2. The van der Waals surface area contributed by atoms with Gasteiger partial charge in [0.15, 0.2) is 0 Å². The fourth-order valence-electron chi connectivity index (χ4n) is 3.63. The van der Waals surface area contributed by atoms with Gasteiger partial charge in [0.1, 0.15) is 0 Å². The molecule has 106 valence electrons. The van der Waals surface area contributed by atoms with Crippen molar-refractivity contribution in [3.8, 4) is 0 Å². The van der Waals surface area contributed by atoms with Crippen LogP contribution in [0.5, 0.6) is 0 Å². The van der Waals surface area contributed by atoms with Crippen LogP contribution in [0.25, 0.3) is 0 Å². The molecule has 1 fully saturated rings. The van der Waals surface area contributed by atoms with E-state index < -0.39 is 0 Å². The molecular weight excluding hydrogens is 232 g/mol. The van der Waals surface area contributed by atoms with Crippen molar-refractivity contribution in [2.45, 2.75) is 58.4 Å². The fourth-order valence-corrected chi connectivity index (χ4v) is 3.63. The standard InChI is InChI=1S/C17H28N2/c1-17(2)13-7-6-10-15(17)16(19-18)12-11-14-8-4-3-5-9-14/h3-5,8-9,15-16,19H,6-7,10-13,18H2,1-2H3. The zero-order chi connectivity index (χ0) is 13.7. The lowest BCUT2D eigenvalue weighted by atomic mass is 9.65. The molecule has 0 saturated heterocycles. The lowest BCUT2D eigenvalue weighted by molar-refractivity contribution is 0.0948. The number of rotatable bonds is 5. The normalized spacial score (nSPS) is 24.1. The van der Waals surface area contributed by atoms with E-state index in [0.717, 1.165) is 12.8 Å². The molecule has 19 heavy (non-hydrogen) atoms. The Kier molecular flexibility index (Phi) is 5.00. The summed E-state index contributed by atoms with van der Waals surface area (Å²) in [5.41, 5.74) is 4.93. The van der Waals surface area contributed by atoms with E-state index in [0.29, 0.717) is 17.4 Å². The largest absolute Gasteiger partial charge is 0.271 e. The molecular formula is C17H28N2. The minimum absolute atomic E-state index is 0.423. The summed E-state index contributed by atoms with van der Waals surface area (Å²) in [5.74, 6) is 6.54. The first kappa shape index (κ1) is 14.5. The van der Waals surface area contributed by atoms with Crippen LogP contribution in [-0.2, 0) is 6.42 Å². The van der Waals surface area contributed by atoms with Gasteiger partial charge in [0.05, 0.1) is 0 Å². The number of hydrogen-bond acceptors (Lipinski definition) is 2. The van der Waals surface area contributed by atoms with Gasteiger partial charge in [-0.25, -0.2) is 0 Å². The molecule has 2 unspecified atom stereocenters. The molecule has 0 bridgehead atoms. The first-order chi connectivity index (χ1) is 9.13. The van der Waals surface area contributed by atoms with E-state index in [4.69, 9.17) is 5.84 Å². The molecule has 0 spiro atoms. The summed E-state index contributed by atoms with van der Waals surface area (Å²) in [6.45, 7) is 4.81. The third-order valence-electron chi connectivity index (χ3n) is 4.88. The van der Waals surface area contributed by atoms with E-state index >= 15 is 0 Å². The van der Waals surface area contributed by atoms with Crippen molar-refractivity contribution in [3.63, 3.8) is 0 Å². The summed E-state index contributed by atoms with van der Waals surface area (Å²) in [7, 11) is 0. The third kappa shape index (κ3) is 3.80. The molecule has 1 aromatic carbocycles. The molecule has 0 aliphatic heterocycles. The van der Waals surface area contributed by atoms with E-state index in [1.165, 1.54) is 31.2 Å². The number of benzene rings is 1. The van der Waals surface area contributed by atoms with Crippen molar-refractivity contribution in [3.05, 3.63) is 35.9 Å². The van der Waals surface area contributed by atoms with Gasteiger partial charge in [-0.1, -0.05) is 57.0 Å². The monoisotopic (exact) mass is 260 g/mol. The average Bonchev–Trinajstić information content (AvgIpc) is 2.42. The van der Waals surface area contributed by atoms with E-state index in [1.807, 2.05) is 0 Å². The van der Waals surface area contributed by atoms with E-state index in [-0.39, 0.29) is 0 Å². The zero-order valence-corrected chi connectivity index (χ0v) is 12.4. The first-order valence-electron chi connectivity index (χ1n) is 7.63. The quantitative estimate of drug-likeness (QED) is 0.626. The third-order valence-corrected chi connectivity index (χ3v) is 4.88. The summed E-state index contributed by atoms with van der Waals surface area (Å²) in [4.78, 5) is 0. The summed E-state index contributed by atoms with van der Waals surface area (Å²) >= 11 is 0. The van der Waals surface area contributed by atoms with Gasteiger partial charge < -0.3 is 0 Å². The SMILES string of the molecule is CC1(C)CCCCC1C(CCc1ccccc1)NN. The van der Waals surface area contributed by atoms with Gasteiger partial charge in [0.2, 0.25) is 0 Å². The predicted octanol–water partition coefficient (Wildman–Crippen LogP) is 3.67. The minimum atomic E-state index is 0.423. The van der Waals surface area contributed by atoms with Crippen LogP contribution in [0.2, 0.25) is 0 Å². The second-order valence-corrected chi connectivity index (χ2v) is 6.64. The lowest BCUT2D eigenvalue weighted by Gasteiger charge is -2.43. The Morgan fingerprint density at radius 1 is 1.26 bits per heavy atom. The fraction of sp³-hybridized carbons (Fsp3) is 0.647. The maximum Gasteiger partial charge on any atom is 0.0247 e. The van der Waals surface area contributed by atoms with Crippen LogP contribution in [0.1, 0.15) is 51.5 Å². The van der Waals surface area contributed by atoms with Crippen molar-refractivity contribution in [2.24, 2.45) is 17.2 Å². The first-order valence-corrected chi connectivity index (χ1v) is 7.63. The molecule has 1 aromatic rings. The van der Waals surface area contributed by atoms with Crippen molar-refractivity contribution in [2.75, 3.05) is 0 Å². The van der Waals surface area contributed by atoms with Crippen LogP contribution in [0, 0.1) is 11.3 Å². The van der Waals surface area contributed by atoms with E-state index in [2.05, 4.69) is 49.6 Å². The minimum Gasteiger partial charge on any atom is -0.271 e. The van der Waals surface area contributed by atoms with Crippen molar-refractivity contribution in [1.82, 2.24) is 5.43 Å². The molecule has 2 rings (SSSR count).